The average molecular weight is 319 g/mol. The van der Waals surface area contributed by atoms with Crippen LogP contribution in [0.3, 0.4) is 0 Å². The second-order valence-electron chi connectivity index (χ2n) is 6.22. The Balaban J connectivity index is 1.63. The van der Waals surface area contributed by atoms with Crippen molar-refractivity contribution in [3.63, 3.8) is 0 Å². The third-order valence-corrected chi connectivity index (χ3v) is 4.54. The number of piperidine rings is 1. The predicted molar refractivity (Wildman–Crippen MR) is 87.8 cm³/mol. The van der Waals surface area contributed by atoms with Gasteiger partial charge in [0.1, 0.15) is 5.82 Å². The summed E-state index contributed by atoms with van der Waals surface area (Å²) in [6, 6.07) is 3.83. The zero-order valence-electron chi connectivity index (χ0n) is 13.7. The predicted octanol–water partition coefficient (Wildman–Crippen LogP) is 1.42. The van der Waals surface area contributed by atoms with Crippen molar-refractivity contribution < 1.29 is 14.3 Å². The monoisotopic (exact) mass is 319 g/mol. The normalized spacial score (nSPS) is 22.2. The van der Waals surface area contributed by atoms with Crippen LogP contribution in [0, 0.1) is 5.92 Å². The first kappa shape index (κ1) is 16.2. The lowest BCUT2D eigenvalue weighted by molar-refractivity contribution is 0.0570. The van der Waals surface area contributed by atoms with E-state index in [1.165, 1.54) is 0 Å². The molecule has 1 aromatic rings. The number of pyridine rings is 1. The molecule has 2 saturated heterocycles. The number of hydrogen-bond acceptors (Lipinski definition) is 5. The maximum absolute atomic E-state index is 12.6. The van der Waals surface area contributed by atoms with Gasteiger partial charge < -0.3 is 19.3 Å². The summed E-state index contributed by atoms with van der Waals surface area (Å²) in [5, 5.41) is 0. The van der Waals surface area contributed by atoms with Gasteiger partial charge in [0.25, 0.3) is 5.91 Å². The fraction of sp³-hybridized carbons (Fsp3) is 0.647. The highest BCUT2D eigenvalue weighted by atomic mass is 16.5. The first-order valence-corrected chi connectivity index (χ1v) is 8.35. The zero-order chi connectivity index (χ0) is 16.1. The summed E-state index contributed by atoms with van der Waals surface area (Å²) < 4.78 is 10.6. The van der Waals surface area contributed by atoms with Crippen LogP contribution < -0.4 is 4.90 Å². The molecule has 6 heteroatoms. The summed E-state index contributed by atoms with van der Waals surface area (Å²) in [6.45, 7) is 5.49. The number of aromatic nitrogens is 1. The summed E-state index contributed by atoms with van der Waals surface area (Å²) in [5.41, 5.74) is 0.667. The minimum Gasteiger partial charge on any atom is -0.384 e. The largest absolute Gasteiger partial charge is 0.384 e. The molecule has 2 aliphatic heterocycles. The number of carbonyl (C=O) groups is 1. The van der Waals surface area contributed by atoms with Crippen molar-refractivity contribution in [3.8, 4) is 0 Å². The number of amides is 1. The molecule has 2 fully saturated rings. The molecule has 3 rings (SSSR count). The second kappa shape index (κ2) is 7.75. The topological polar surface area (TPSA) is 54.9 Å². The Kier molecular flexibility index (Phi) is 5.46. The summed E-state index contributed by atoms with van der Waals surface area (Å²) in [4.78, 5) is 21.2. The van der Waals surface area contributed by atoms with Crippen LogP contribution in [-0.4, -0.2) is 68.9 Å². The van der Waals surface area contributed by atoms with Crippen LogP contribution in [-0.2, 0) is 9.47 Å². The van der Waals surface area contributed by atoms with E-state index < -0.39 is 0 Å². The Morgan fingerprint density at radius 1 is 1.35 bits per heavy atom. The highest BCUT2D eigenvalue weighted by molar-refractivity contribution is 5.94. The highest BCUT2D eigenvalue weighted by Crippen LogP contribution is 2.20. The molecular weight excluding hydrogens is 294 g/mol. The van der Waals surface area contributed by atoms with Crippen molar-refractivity contribution in [2.75, 3.05) is 58.0 Å². The van der Waals surface area contributed by atoms with E-state index in [0.717, 1.165) is 64.7 Å². The molecule has 3 heterocycles. The molecular formula is C17H25N3O3. The van der Waals surface area contributed by atoms with Crippen LogP contribution >= 0.6 is 0 Å². The van der Waals surface area contributed by atoms with Gasteiger partial charge in [0.15, 0.2) is 0 Å². The first-order chi connectivity index (χ1) is 11.3. The van der Waals surface area contributed by atoms with Crippen molar-refractivity contribution in [1.82, 2.24) is 9.88 Å². The van der Waals surface area contributed by atoms with Gasteiger partial charge in [-0.2, -0.15) is 0 Å². The zero-order valence-corrected chi connectivity index (χ0v) is 13.7. The van der Waals surface area contributed by atoms with Crippen molar-refractivity contribution in [2.24, 2.45) is 5.92 Å². The van der Waals surface area contributed by atoms with Crippen molar-refractivity contribution in [3.05, 3.63) is 23.9 Å². The lowest BCUT2D eigenvalue weighted by atomic mass is 9.98. The number of likely N-dealkylation sites (tertiary alicyclic amines) is 1. The average Bonchev–Trinajstić information content (AvgIpc) is 2.62. The molecule has 0 aromatic carbocycles. The number of carbonyl (C=O) groups excluding carboxylic acids is 1. The van der Waals surface area contributed by atoms with Crippen molar-refractivity contribution in [1.29, 1.82) is 0 Å². The number of hydrogen-bond donors (Lipinski definition) is 0. The molecule has 2 aliphatic rings. The van der Waals surface area contributed by atoms with E-state index in [0.29, 0.717) is 11.5 Å². The molecule has 0 N–H and O–H groups in total. The number of rotatable bonds is 4. The van der Waals surface area contributed by atoms with E-state index in [4.69, 9.17) is 9.47 Å². The quantitative estimate of drug-likeness (QED) is 0.840. The van der Waals surface area contributed by atoms with Gasteiger partial charge in [0.05, 0.1) is 25.4 Å². The molecule has 6 nitrogen and oxygen atoms in total. The van der Waals surface area contributed by atoms with E-state index in [-0.39, 0.29) is 5.91 Å². The van der Waals surface area contributed by atoms with Crippen molar-refractivity contribution in [2.45, 2.75) is 12.8 Å². The lowest BCUT2D eigenvalue weighted by Crippen LogP contribution is -2.41. The summed E-state index contributed by atoms with van der Waals surface area (Å²) in [5.74, 6) is 1.44. The Hall–Kier alpha value is -1.66. The molecule has 0 spiro atoms. The fourth-order valence-corrected chi connectivity index (χ4v) is 3.30. The van der Waals surface area contributed by atoms with Crippen molar-refractivity contribution >= 4 is 11.7 Å². The standard InChI is InChI=1S/C17H25N3O3/c1-22-13-14-3-2-6-20(12-14)17(21)15-4-5-16(18-11-15)19-7-9-23-10-8-19/h4-5,11,14H,2-3,6-10,12-13H2,1H3/t14-/m1/s1. The molecule has 0 radical (unpaired) electrons. The molecule has 0 unspecified atom stereocenters. The smallest absolute Gasteiger partial charge is 0.255 e. The summed E-state index contributed by atoms with van der Waals surface area (Å²) >= 11 is 0. The molecule has 0 aliphatic carbocycles. The number of morpholine rings is 1. The van der Waals surface area contributed by atoms with Gasteiger partial charge in [0.2, 0.25) is 0 Å². The molecule has 0 bridgehead atoms. The van der Waals surface area contributed by atoms with Crippen LogP contribution in [0.5, 0.6) is 0 Å². The van der Waals surface area contributed by atoms with Gasteiger partial charge in [-0.15, -0.1) is 0 Å². The van der Waals surface area contributed by atoms with E-state index in [9.17, 15) is 4.79 Å². The van der Waals surface area contributed by atoms with Gasteiger partial charge in [-0.1, -0.05) is 0 Å². The Bertz CT molecular complexity index is 512. The number of nitrogens with zero attached hydrogens (tertiary/aromatic N) is 3. The van der Waals surface area contributed by atoms with Gasteiger partial charge in [-0.25, -0.2) is 4.98 Å². The van der Waals surface area contributed by atoms with Crippen LogP contribution in [0.25, 0.3) is 0 Å². The van der Waals surface area contributed by atoms with Gasteiger partial charge >= 0.3 is 0 Å². The van der Waals surface area contributed by atoms with E-state index >= 15 is 0 Å². The van der Waals surface area contributed by atoms with E-state index in [1.807, 2.05) is 17.0 Å². The number of ether oxygens (including phenoxy) is 2. The maximum atomic E-state index is 12.6. The second-order valence-corrected chi connectivity index (χ2v) is 6.22. The van der Waals surface area contributed by atoms with E-state index in [2.05, 4.69) is 9.88 Å². The Morgan fingerprint density at radius 3 is 2.87 bits per heavy atom. The summed E-state index contributed by atoms with van der Waals surface area (Å²) in [7, 11) is 1.72. The Morgan fingerprint density at radius 2 is 2.17 bits per heavy atom. The van der Waals surface area contributed by atoms with Gasteiger partial charge in [0, 0.05) is 39.5 Å². The minimum absolute atomic E-state index is 0.0758. The third-order valence-electron chi connectivity index (χ3n) is 4.54. The lowest BCUT2D eigenvalue weighted by Gasteiger charge is -2.32. The Labute approximate surface area is 137 Å². The molecule has 23 heavy (non-hydrogen) atoms. The highest BCUT2D eigenvalue weighted by Gasteiger charge is 2.24. The number of methoxy groups -OCH3 is 1. The molecule has 1 atom stereocenters. The first-order valence-electron chi connectivity index (χ1n) is 8.35. The third kappa shape index (κ3) is 4.00. The van der Waals surface area contributed by atoms with Crippen LogP contribution in [0.15, 0.2) is 18.3 Å². The maximum Gasteiger partial charge on any atom is 0.255 e. The molecule has 1 amide bonds. The molecule has 126 valence electrons. The fourth-order valence-electron chi connectivity index (χ4n) is 3.30. The minimum atomic E-state index is 0.0758. The SMILES string of the molecule is COC[C@@H]1CCCN(C(=O)c2ccc(N3CCOCC3)nc2)C1. The molecule has 1 aromatic heterocycles. The number of anilines is 1. The van der Waals surface area contributed by atoms with Crippen LogP contribution in [0.2, 0.25) is 0 Å². The van der Waals surface area contributed by atoms with E-state index in [1.54, 1.807) is 13.3 Å². The van der Waals surface area contributed by atoms with Crippen LogP contribution in [0.1, 0.15) is 23.2 Å². The van der Waals surface area contributed by atoms with Gasteiger partial charge in [-0.3, -0.25) is 4.79 Å². The van der Waals surface area contributed by atoms with Crippen LogP contribution in [0.4, 0.5) is 5.82 Å². The van der Waals surface area contributed by atoms with Gasteiger partial charge in [-0.05, 0) is 30.9 Å². The molecule has 0 saturated carbocycles. The summed E-state index contributed by atoms with van der Waals surface area (Å²) in [6.07, 6.45) is 3.87.